The number of hydrogen-bond donors (Lipinski definition) is 1. The van der Waals surface area contributed by atoms with E-state index >= 15 is 0 Å². The molecule has 112 valence electrons. The minimum absolute atomic E-state index is 0.0230. The van der Waals surface area contributed by atoms with Crippen molar-refractivity contribution in [3.63, 3.8) is 0 Å². The van der Waals surface area contributed by atoms with E-state index in [4.69, 9.17) is 4.74 Å². The van der Waals surface area contributed by atoms with Gasteiger partial charge in [-0.15, -0.1) is 0 Å². The summed E-state index contributed by atoms with van der Waals surface area (Å²) >= 11 is 0. The Morgan fingerprint density at radius 2 is 1.76 bits per heavy atom. The Kier molecular flexibility index (Phi) is 6.38. The fourth-order valence-electron chi connectivity index (χ4n) is 2.28. The Balaban J connectivity index is 1.95. The average Bonchev–Trinajstić information content (AvgIpc) is 2.52. The van der Waals surface area contributed by atoms with Crippen molar-refractivity contribution in [1.29, 1.82) is 0 Å². The van der Waals surface area contributed by atoms with E-state index in [1.165, 1.54) is 6.07 Å². The molecule has 2 aromatic rings. The van der Waals surface area contributed by atoms with E-state index in [9.17, 15) is 4.39 Å². The predicted octanol–water partition coefficient (Wildman–Crippen LogP) is 3.74. The van der Waals surface area contributed by atoms with Crippen molar-refractivity contribution in [1.82, 2.24) is 5.32 Å². The van der Waals surface area contributed by atoms with Crippen LogP contribution in [-0.2, 0) is 11.3 Å². The molecule has 0 saturated carbocycles. The third-order valence-corrected chi connectivity index (χ3v) is 3.42. The molecule has 0 aliphatic heterocycles. The van der Waals surface area contributed by atoms with Gasteiger partial charge in [0.2, 0.25) is 0 Å². The summed E-state index contributed by atoms with van der Waals surface area (Å²) in [5.41, 5.74) is 1.85. The summed E-state index contributed by atoms with van der Waals surface area (Å²) in [6.45, 7) is 4.68. The molecule has 0 amide bonds. The summed E-state index contributed by atoms with van der Waals surface area (Å²) in [7, 11) is 0. The van der Waals surface area contributed by atoms with Crippen LogP contribution in [0.3, 0.4) is 0 Å². The molecule has 21 heavy (non-hydrogen) atoms. The van der Waals surface area contributed by atoms with E-state index in [-0.39, 0.29) is 11.7 Å². The van der Waals surface area contributed by atoms with E-state index in [0.29, 0.717) is 25.3 Å². The molecule has 2 nitrogen and oxygen atoms in total. The molecule has 0 spiro atoms. The third-order valence-electron chi connectivity index (χ3n) is 3.42. The fourth-order valence-corrected chi connectivity index (χ4v) is 2.28. The summed E-state index contributed by atoms with van der Waals surface area (Å²) in [5, 5.41) is 3.28. The molecule has 0 fully saturated rings. The monoisotopic (exact) mass is 287 g/mol. The van der Waals surface area contributed by atoms with Crippen LogP contribution in [0.5, 0.6) is 0 Å². The van der Waals surface area contributed by atoms with Crippen molar-refractivity contribution in [2.75, 3.05) is 19.7 Å². The smallest absolute Gasteiger partial charge is 0.126 e. The van der Waals surface area contributed by atoms with Crippen molar-refractivity contribution in [3.05, 3.63) is 71.5 Å². The molecule has 0 heterocycles. The lowest BCUT2D eigenvalue weighted by Crippen LogP contribution is -2.25. The maximum absolute atomic E-state index is 13.9. The zero-order chi connectivity index (χ0) is 14.9. The van der Waals surface area contributed by atoms with Crippen LogP contribution < -0.4 is 5.32 Å². The van der Waals surface area contributed by atoms with Gasteiger partial charge in [-0.3, -0.25) is 0 Å². The summed E-state index contributed by atoms with van der Waals surface area (Å²) in [6, 6.07) is 17.0. The van der Waals surface area contributed by atoms with E-state index in [1.54, 1.807) is 6.07 Å². The molecule has 2 aromatic carbocycles. The van der Waals surface area contributed by atoms with Gasteiger partial charge in [-0.25, -0.2) is 4.39 Å². The van der Waals surface area contributed by atoms with Gasteiger partial charge < -0.3 is 10.1 Å². The molecule has 0 saturated heterocycles. The Morgan fingerprint density at radius 3 is 2.48 bits per heavy atom. The van der Waals surface area contributed by atoms with E-state index in [0.717, 1.165) is 12.1 Å². The topological polar surface area (TPSA) is 21.3 Å². The highest BCUT2D eigenvalue weighted by molar-refractivity contribution is 5.22. The first-order valence-corrected chi connectivity index (χ1v) is 7.38. The zero-order valence-corrected chi connectivity index (χ0v) is 12.4. The van der Waals surface area contributed by atoms with Crippen LogP contribution >= 0.6 is 0 Å². The van der Waals surface area contributed by atoms with Crippen LogP contribution in [0.25, 0.3) is 0 Å². The molecule has 0 bridgehead atoms. The van der Waals surface area contributed by atoms with Gasteiger partial charge in [-0.1, -0.05) is 55.5 Å². The molecule has 0 aromatic heterocycles. The highest BCUT2D eigenvalue weighted by Gasteiger charge is 2.15. The average molecular weight is 287 g/mol. The van der Waals surface area contributed by atoms with Crippen LogP contribution in [0.1, 0.15) is 24.0 Å². The Hall–Kier alpha value is -1.71. The summed E-state index contributed by atoms with van der Waals surface area (Å²) < 4.78 is 19.7. The lowest BCUT2D eigenvalue weighted by Gasteiger charge is -2.18. The van der Waals surface area contributed by atoms with Crippen LogP contribution in [0.15, 0.2) is 54.6 Å². The second-order valence-corrected chi connectivity index (χ2v) is 5.03. The van der Waals surface area contributed by atoms with Gasteiger partial charge in [0.05, 0.1) is 13.2 Å². The van der Waals surface area contributed by atoms with Gasteiger partial charge in [0.15, 0.2) is 0 Å². The van der Waals surface area contributed by atoms with Gasteiger partial charge in [0, 0.05) is 12.5 Å². The zero-order valence-electron chi connectivity index (χ0n) is 12.4. The van der Waals surface area contributed by atoms with Crippen molar-refractivity contribution in [3.8, 4) is 0 Å². The van der Waals surface area contributed by atoms with Gasteiger partial charge >= 0.3 is 0 Å². The first kappa shape index (κ1) is 15.7. The normalized spacial score (nSPS) is 12.3. The maximum Gasteiger partial charge on any atom is 0.126 e. The van der Waals surface area contributed by atoms with Gasteiger partial charge in [-0.05, 0) is 23.7 Å². The number of hydrogen-bond acceptors (Lipinski definition) is 2. The second kappa shape index (κ2) is 8.55. The Labute approximate surface area is 126 Å². The molecule has 1 unspecified atom stereocenters. The first-order chi connectivity index (χ1) is 10.3. The predicted molar refractivity (Wildman–Crippen MR) is 83.8 cm³/mol. The number of likely N-dealkylation sites (N-methyl/N-ethyl adjacent to an activating group) is 1. The molecule has 0 radical (unpaired) electrons. The number of halogens is 1. The van der Waals surface area contributed by atoms with Crippen molar-refractivity contribution < 1.29 is 9.13 Å². The lowest BCUT2D eigenvalue weighted by atomic mass is 9.99. The van der Waals surface area contributed by atoms with Crippen LogP contribution in [-0.4, -0.2) is 19.7 Å². The largest absolute Gasteiger partial charge is 0.376 e. The van der Waals surface area contributed by atoms with E-state index in [1.807, 2.05) is 49.4 Å². The second-order valence-electron chi connectivity index (χ2n) is 5.03. The van der Waals surface area contributed by atoms with Crippen molar-refractivity contribution >= 4 is 0 Å². The first-order valence-electron chi connectivity index (χ1n) is 7.38. The maximum atomic E-state index is 13.9. The highest BCUT2D eigenvalue weighted by Crippen LogP contribution is 2.19. The molecule has 0 aliphatic carbocycles. The number of benzene rings is 2. The third kappa shape index (κ3) is 4.96. The lowest BCUT2D eigenvalue weighted by molar-refractivity contribution is 0.105. The van der Waals surface area contributed by atoms with Crippen molar-refractivity contribution in [2.24, 2.45) is 0 Å². The Bertz CT molecular complexity index is 530. The Morgan fingerprint density at radius 1 is 1.05 bits per heavy atom. The molecular weight excluding hydrogens is 265 g/mol. The SMILES string of the molecule is CCNCC(COCc1ccccc1)c1ccccc1F. The number of nitrogens with one attached hydrogen (secondary N) is 1. The molecule has 0 aliphatic rings. The molecule has 1 N–H and O–H groups in total. The summed E-state index contributed by atoms with van der Waals surface area (Å²) in [6.07, 6.45) is 0. The molecular formula is C18H22FNO. The fraction of sp³-hybridized carbons (Fsp3) is 0.333. The standard InChI is InChI=1S/C18H22FNO/c1-2-20-12-16(17-10-6-7-11-18(17)19)14-21-13-15-8-4-3-5-9-15/h3-11,16,20H,2,12-14H2,1H3. The molecule has 3 heteroatoms. The highest BCUT2D eigenvalue weighted by atomic mass is 19.1. The van der Waals surface area contributed by atoms with Crippen LogP contribution in [0.4, 0.5) is 4.39 Å². The number of ether oxygens (including phenoxy) is 1. The van der Waals surface area contributed by atoms with Gasteiger partial charge in [-0.2, -0.15) is 0 Å². The van der Waals surface area contributed by atoms with E-state index < -0.39 is 0 Å². The van der Waals surface area contributed by atoms with Crippen molar-refractivity contribution in [2.45, 2.75) is 19.4 Å². The van der Waals surface area contributed by atoms with Crippen LogP contribution in [0.2, 0.25) is 0 Å². The summed E-state index contributed by atoms with van der Waals surface area (Å²) in [5.74, 6) is -0.140. The quantitative estimate of drug-likeness (QED) is 0.798. The molecule has 2 rings (SSSR count). The van der Waals surface area contributed by atoms with E-state index in [2.05, 4.69) is 5.32 Å². The summed E-state index contributed by atoms with van der Waals surface area (Å²) in [4.78, 5) is 0. The van der Waals surface area contributed by atoms with Gasteiger partial charge in [0.25, 0.3) is 0 Å². The minimum atomic E-state index is -0.163. The number of rotatable bonds is 8. The van der Waals surface area contributed by atoms with Gasteiger partial charge in [0.1, 0.15) is 5.82 Å². The van der Waals surface area contributed by atoms with Crippen LogP contribution in [0, 0.1) is 5.82 Å². The molecule has 1 atom stereocenters. The minimum Gasteiger partial charge on any atom is -0.376 e.